The average Bonchev–Trinajstić information content (AvgIpc) is 3.41. The van der Waals surface area contributed by atoms with E-state index in [1.165, 1.54) is 34.6 Å². The van der Waals surface area contributed by atoms with Crippen molar-refractivity contribution >= 4 is 77.6 Å². The van der Waals surface area contributed by atoms with Gasteiger partial charge in [-0.1, -0.05) is 12.1 Å². The second kappa shape index (κ2) is 21.9. The molecule has 8 heterocycles. The summed E-state index contributed by atoms with van der Waals surface area (Å²) in [4.78, 5) is 26.0. The number of aromatic nitrogens is 4. The highest BCUT2D eigenvalue weighted by atomic mass is 32.2. The molecule has 4 aliphatic heterocycles. The van der Waals surface area contributed by atoms with Gasteiger partial charge in [0.05, 0.1) is 107 Å². The number of halogens is 5. The number of rotatable bonds is 10. The Hall–Kier alpha value is -6.98. The fraction of sp³-hybridized carbons (Fsp3) is 0.346. The lowest BCUT2D eigenvalue weighted by molar-refractivity contribution is 0.122. The minimum Gasteiger partial charge on any atom is -0.378 e. The Kier molecular flexibility index (Phi) is 14.9. The van der Waals surface area contributed by atoms with E-state index in [1.807, 2.05) is 30.2 Å². The molecule has 388 valence electrons. The van der Waals surface area contributed by atoms with Crippen LogP contribution in [0.4, 0.5) is 67.7 Å². The Morgan fingerprint density at radius 2 is 1.00 bits per heavy atom. The van der Waals surface area contributed by atoms with Crippen molar-refractivity contribution in [2.75, 3.05) is 135 Å². The van der Waals surface area contributed by atoms with Crippen molar-refractivity contribution in [3.05, 3.63) is 126 Å². The molecule has 22 heteroatoms. The van der Waals surface area contributed by atoms with E-state index >= 15 is 4.39 Å². The lowest BCUT2D eigenvalue weighted by atomic mass is 10.1. The van der Waals surface area contributed by atoms with Gasteiger partial charge in [-0.25, -0.2) is 40.3 Å². The number of ether oxygens (including phenoxy) is 2. The summed E-state index contributed by atoms with van der Waals surface area (Å²) in [7, 11) is -4.04. The van der Waals surface area contributed by atoms with Gasteiger partial charge in [0, 0.05) is 114 Å². The monoisotopic (exact) mass is 1040 g/mol. The van der Waals surface area contributed by atoms with E-state index in [1.54, 1.807) is 25.5 Å². The second-order valence-electron chi connectivity index (χ2n) is 18.3. The fourth-order valence-corrected chi connectivity index (χ4v) is 11.3. The van der Waals surface area contributed by atoms with E-state index in [0.29, 0.717) is 60.4 Å². The molecule has 0 unspecified atom stereocenters. The first kappa shape index (κ1) is 50.5. The van der Waals surface area contributed by atoms with Crippen molar-refractivity contribution in [1.29, 1.82) is 0 Å². The topological polar surface area (TPSA) is 156 Å². The largest absolute Gasteiger partial charge is 0.378 e. The lowest BCUT2D eigenvalue weighted by Gasteiger charge is -2.36. The molecule has 4 aliphatic rings. The summed E-state index contributed by atoms with van der Waals surface area (Å²) < 4.78 is 111. The van der Waals surface area contributed by atoms with Crippen LogP contribution in [0, 0.1) is 42.9 Å². The van der Waals surface area contributed by atoms with E-state index in [0.717, 1.165) is 99.0 Å². The number of pyridine rings is 4. The number of sulfonamides is 1. The Morgan fingerprint density at radius 1 is 0.541 bits per heavy atom. The number of benzene rings is 3. The molecular formula is C52H55F5N12O4S. The molecule has 0 atom stereocenters. The van der Waals surface area contributed by atoms with Crippen molar-refractivity contribution in [1.82, 2.24) is 29.6 Å². The van der Waals surface area contributed by atoms with Crippen LogP contribution in [0.3, 0.4) is 0 Å². The van der Waals surface area contributed by atoms with Crippen LogP contribution in [-0.4, -0.2) is 138 Å². The molecule has 0 saturated carbocycles. The summed E-state index contributed by atoms with van der Waals surface area (Å²) >= 11 is 0. The molecule has 0 radical (unpaired) electrons. The Bertz CT molecular complexity index is 3300. The van der Waals surface area contributed by atoms with Crippen LogP contribution in [-0.2, 0) is 19.5 Å². The molecule has 4 aromatic heterocycles. The minimum atomic E-state index is -4.04. The third kappa shape index (κ3) is 10.7. The zero-order valence-corrected chi connectivity index (χ0v) is 41.7. The van der Waals surface area contributed by atoms with Crippen LogP contribution in [0.15, 0.2) is 90.3 Å². The molecule has 4 fully saturated rings. The molecule has 0 spiro atoms. The first-order valence-corrected chi connectivity index (χ1v) is 25.9. The molecule has 7 aromatic rings. The van der Waals surface area contributed by atoms with Gasteiger partial charge in [-0.3, -0.25) is 9.97 Å². The number of piperazine rings is 2. The van der Waals surface area contributed by atoms with Gasteiger partial charge in [-0.05, 0) is 38.1 Å². The van der Waals surface area contributed by atoms with Crippen molar-refractivity contribution in [3.63, 3.8) is 0 Å². The van der Waals surface area contributed by atoms with Gasteiger partial charge in [0.15, 0.2) is 0 Å². The van der Waals surface area contributed by atoms with Crippen molar-refractivity contribution in [2.24, 2.45) is 0 Å². The lowest BCUT2D eigenvalue weighted by Crippen LogP contribution is -2.49. The first-order chi connectivity index (χ1) is 35.8. The maximum absolute atomic E-state index is 15.2. The third-order valence-electron chi connectivity index (χ3n) is 13.6. The zero-order valence-electron chi connectivity index (χ0n) is 40.9. The molecule has 3 N–H and O–H groups in total. The van der Waals surface area contributed by atoms with Gasteiger partial charge in [-0.15, -0.1) is 0 Å². The highest BCUT2D eigenvalue weighted by Gasteiger charge is 2.32. The maximum atomic E-state index is 15.2. The van der Waals surface area contributed by atoms with Crippen LogP contribution < -0.4 is 35.6 Å². The quantitative estimate of drug-likeness (QED) is 0.115. The molecule has 4 saturated heterocycles. The van der Waals surface area contributed by atoms with E-state index in [2.05, 4.69) is 50.6 Å². The van der Waals surface area contributed by atoms with Gasteiger partial charge >= 0.3 is 0 Å². The number of nitrogens with one attached hydrogen (secondary N) is 3. The molecule has 3 aromatic carbocycles. The van der Waals surface area contributed by atoms with Crippen molar-refractivity contribution in [3.8, 4) is 0 Å². The summed E-state index contributed by atoms with van der Waals surface area (Å²) in [6.45, 7) is 13.2. The normalized spacial score (nSPS) is 16.9. The SMILES string of the molecule is Cc1c(N2CCN(S(=O)(=O)c3ccccc3F)CC2)nc2cc(F)cc(F)c2c1Nc1cncc(N2CCOCC2)c1.Cc1c(N2CCNCC2)nc2cc(F)cc(F)c2c1Nc1cncc(N2CCOCC2)c1. The standard InChI is InChI=1S/C29H29F3N6O3S.C23H26F2N6O/c1-19-28(34-21-16-22(18-33-17-21)36-10-12-41-13-11-36)27-24(32)14-20(30)15-25(27)35-29(19)37-6-8-38(9-7-37)42(39,40)26-5-3-2-4-23(26)31;1-15-22(28-17-12-18(14-27-13-17)30-6-8-32-9-7-30)21-19(25)10-16(24)11-20(21)29-23(15)31-4-2-26-3-5-31/h2-5,14-18H,6-13H2,1H3,(H,34,35);10-14,26H,2-9H2,1H3,(H,28,29). The minimum absolute atomic E-state index is 0.0849. The number of fused-ring (bicyclic) bond motifs is 2. The summed E-state index contributed by atoms with van der Waals surface area (Å²) in [5, 5.41) is 10.4. The summed E-state index contributed by atoms with van der Waals surface area (Å²) in [6, 6.07) is 13.4. The fourth-order valence-electron chi connectivity index (χ4n) is 9.79. The number of hydrogen-bond donors (Lipinski definition) is 3. The summed E-state index contributed by atoms with van der Waals surface area (Å²) in [6.07, 6.45) is 6.91. The average molecular weight is 1040 g/mol. The third-order valence-corrected chi connectivity index (χ3v) is 15.5. The van der Waals surface area contributed by atoms with Crippen LogP contribution >= 0.6 is 0 Å². The van der Waals surface area contributed by atoms with Crippen molar-refractivity contribution < 1.29 is 39.8 Å². The maximum Gasteiger partial charge on any atom is 0.246 e. The number of morpholine rings is 2. The van der Waals surface area contributed by atoms with Gasteiger partial charge in [0.2, 0.25) is 10.0 Å². The predicted molar refractivity (Wildman–Crippen MR) is 276 cm³/mol. The van der Waals surface area contributed by atoms with Crippen LogP contribution in [0.25, 0.3) is 21.8 Å². The number of nitrogens with zero attached hydrogens (tertiary/aromatic N) is 9. The zero-order chi connectivity index (χ0) is 51.5. The van der Waals surface area contributed by atoms with E-state index < -0.39 is 39.1 Å². The predicted octanol–water partition coefficient (Wildman–Crippen LogP) is 7.65. The Labute approximate surface area is 425 Å². The highest BCUT2D eigenvalue weighted by molar-refractivity contribution is 7.89. The molecule has 0 bridgehead atoms. The highest BCUT2D eigenvalue weighted by Crippen LogP contribution is 2.39. The molecule has 11 rings (SSSR count). The number of anilines is 8. The van der Waals surface area contributed by atoms with E-state index in [9.17, 15) is 26.0 Å². The molecular weight excluding hydrogens is 984 g/mol. The van der Waals surface area contributed by atoms with Crippen LogP contribution in [0.2, 0.25) is 0 Å². The van der Waals surface area contributed by atoms with Crippen LogP contribution in [0.5, 0.6) is 0 Å². The van der Waals surface area contributed by atoms with Gasteiger partial charge < -0.3 is 45.0 Å². The Morgan fingerprint density at radius 3 is 1.47 bits per heavy atom. The molecule has 0 amide bonds. The smallest absolute Gasteiger partial charge is 0.246 e. The van der Waals surface area contributed by atoms with Gasteiger partial charge in [0.25, 0.3) is 0 Å². The Balaban J connectivity index is 0.000000175. The van der Waals surface area contributed by atoms with Gasteiger partial charge in [0.1, 0.15) is 45.6 Å². The van der Waals surface area contributed by atoms with E-state index in [4.69, 9.17) is 9.47 Å². The first-order valence-electron chi connectivity index (χ1n) is 24.5. The molecule has 16 nitrogen and oxygen atoms in total. The van der Waals surface area contributed by atoms with Gasteiger partial charge in [-0.2, -0.15) is 4.31 Å². The van der Waals surface area contributed by atoms with Crippen molar-refractivity contribution in [2.45, 2.75) is 18.7 Å². The summed E-state index contributed by atoms with van der Waals surface area (Å²) in [5.74, 6) is -2.39. The number of hydrogen-bond acceptors (Lipinski definition) is 15. The van der Waals surface area contributed by atoms with E-state index in [-0.39, 0.29) is 47.4 Å². The second-order valence-corrected chi connectivity index (χ2v) is 20.2. The summed E-state index contributed by atoms with van der Waals surface area (Å²) in [5.41, 5.74) is 6.05. The molecule has 74 heavy (non-hydrogen) atoms. The molecule has 0 aliphatic carbocycles. The van der Waals surface area contributed by atoms with Crippen LogP contribution in [0.1, 0.15) is 11.1 Å².